The minimum Gasteiger partial charge on any atom is -0.399 e. The van der Waals surface area contributed by atoms with E-state index in [0.717, 1.165) is 19.9 Å². The molecule has 0 radical (unpaired) electrons. The molecule has 0 unspecified atom stereocenters. The predicted molar refractivity (Wildman–Crippen MR) is 53.8 cm³/mol. The summed E-state index contributed by atoms with van der Waals surface area (Å²) >= 11 is 0. The van der Waals surface area contributed by atoms with Crippen molar-refractivity contribution in [1.82, 2.24) is 0 Å². The second-order valence-corrected chi connectivity index (χ2v) is 3.64. The van der Waals surface area contributed by atoms with Crippen molar-refractivity contribution in [3.8, 4) is 0 Å². The summed E-state index contributed by atoms with van der Waals surface area (Å²) in [5, 5.41) is 0. The van der Waals surface area contributed by atoms with Gasteiger partial charge in [0.05, 0.1) is 14.2 Å². The first-order valence-corrected chi connectivity index (χ1v) is 5.02. The van der Waals surface area contributed by atoms with Crippen LogP contribution in [-0.4, -0.2) is 22.6 Å². The van der Waals surface area contributed by atoms with E-state index in [4.69, 9.17) is 5.73 Å². The lowest BCUT2D eigenvalue weighted by molar-refractivity contribution is 0.286. The molecule has 0 bridgehead atoms. The summed E-state index contributed by atoms with van der Waals surface area (Å²) in [5.74, 6) is 0. The maximum Gasteiger partial charge on any atom is 0.399 e. The van der Waals surface area contributed by atoms with Gasteiger partial charge in [-0.25, -0.2) is 0 Å². The fourth-order valence-corrected chi connectivity index (χ4v) is 0.657. The minimum absolute atomic E-state index is 0.822. The SMILES string of the molecule is COS(=O)(=O)OC.Nc1ccccc1. The van der Waals surface area contributed by atoms with Gasteiger partial charge in [-0.15, -0.1) is 0 Å². The number of anilines is 1. The van der Waals surface area contributed by atoms with Gasteiger partial charge in [0.2, 0.25) is 0 Å². The van der Waals surface area contributed by atoms with E-state index in [0.29, 0.717) is 0 Å². The molecule has 0 atom stereocenters. The molecule has 6 heteroatoms. The van der Waals surface area contributed by atoms with Crippen LogP contribution in [-0.2, 0) is 18.8 Å². The zero-order chi connectivity index (χ0) is 11.0. The van der Waals surface area contributed by atoms with Gasteiger partial charge in [-0.2, -0.15) is 8.42 Å². The molecule has 0 fully saturated rings. The highest BCUT2D eigenvalue weighted by Crippen LogP contribution is 1.95. The Hall–Kier alpha value is -1.11. The summed E-state index contributed by atoms with van der Waals surface area (Å²) in [6.45, 7) is 0. The average molecular weight is 219 g/mol. The summed E-state index contributed by atoms with van der Waals surface area (Å²) in [7, 11) is -1.60. The first-order valence-electron chi connectivity index (χ1n) is 3.68. The summed E-state index contributed by atoms with van der Waals surface area (Å²) in [6.07, 6.45) is 0. The third-order valence-electron chi connectivity index (χ3n) is 1.21. The number of nitrogen functional groups attached to an aromatic ring is 1. The normalized spacial score (nSPS) is 10.1. The van der Waals surface area contributed by atoms with E-state index in [1.54, 1.807) is 0 Å². The molecule has 0 aromatic heterocycles. The Balaban J connectivity index is 0.000000241. The number of hydrogen-bond acceptors (Lipinski definition) is 5. The molecule has 0 saturated heterocycles. The third-order valence-corrected chi connectivity index (χ3v) is 2.02. The maximum absolute atomic E-state index is 9.92. The molecular weight excluding hydrogens is 206 g/mol. The van der Waals surface area contributed by atoms with Crippen molar-refractivity contribution in [2.45, 2.75) is 0 Å². The molecule has 0 spiro atoms. The van der Waals surface area contributed by atoms with Crippen LogP contribution in [0.25, 0.3) is 0 Å². The van der Waals surface area contributed by atoms with Crippen LogP contribution in [0.2, 0.25) is 0 Å². The lowest BCUT2D eigenvalue weighted by Crippen LogP contribution is -2.02. The molecule has 14 heavy (non-hydrogen) atoms. The second kappa shape index (κ2) is 6.36. The van der Waals surface area contributed by atoms with E-state index in [9.17, 15) is 8.42 Å². The molecule has 0 aliphatic heterocycles. The molecule has 2 N–H and O–H groups in total. The molecule has 5 nitrogen and oxygen atoms in total. The van der Waals surface area contributed by atoms with E-state index in [1.807, 2.05) is 30.3 Å². The minimum atomic E-state index is -3.66. The van der Waals surface area contributed by atoms with Crippen LogP contribution in [0.1, 0.15) is 0 Å². The Bertz CT molecular complexity index is 326. The second-order valence-electron chi connectivity index (χ2n) is 2.15. The largest absolute Gasteiger partial charge is 0.399 e. The summed E-state index contributed by atoms with van der Waals surface area (Å²) in [5.41, 5.74) is 6.18. The quantitative estimate of drug-likeness (QED) is 0.744. The highest BCUT2D eigenvalue weighted by Gasteiger charge is 2.01. The number of benzene rings is 1. The van der Waals surface area contributed by atoms with Crippen molar-refractivity contribution in [1.29, 1.82) is 0 Å². The Morgan fingerprint density at radius 3 is 1.64 bits per heavy atom. The Morgan fingerprint density at radius 1 is 1.07 bits per heavy atom. The van der Waals surface area contributed by atoms with E-state index < -0.39 is 10.4 Å². The summed E-state index contributed by atoms with van der Waals surface area (Å²) in [4.78, 5) is 0. The summed E-state index contributed by atoms with van der Waals surface area (Å²) in [6, 6.07) is 9.49. The number of rotatable bonds is 2. The van der Waals surface area contributed by atoms with Crippen molar-refractivity contribution in [3.05, 3.63) is 30.3 Å². The molecule has 0 heterocycles. The van der Waals surface area contributed by atoms with Gasteiger partial charge in [0.25, 0.3) is 0 Å². The molecule has 1 aromatic carbocycles. The molecule has 0 saturated carbocycles. The highest BCUT2D eigenvalue weighted by molar-refractivity contribution is 7.81. The lowest BCUT2D eigenvalue weighted by atomic mass is 10.3. The standard InChI is InChI=1S/C6H7N.C2H6O4S/c7-6-4-2-1-3-5-6;1-5-7(3,4)6-2/h1-5H,7H2;1-2H3. The fourth-order valence-electron chi connectivity index (χ4n) is 0.521. The predicted octanol–water partition coefficient (Wildman–Crippen LogP) is 0.793. The van der Waals surface area contributed by atoms with Gasteiger partial charge >= 0.3 is 10.4 Å². The zero-order valence-corrected chi connectivity index (χ0v) is 8.82. The average Bonchev–Trinajstić information content (AvgIpc) is 2.20. The van der Waals surface area contributed by atoms with Crippen molar-refractivity contribution in [2.24, 2.45) is 0 Å². The Kier molecular flexibility index (Phi) is 5.86. The van der Waals surface area contributed by atoms with Crippen LogP contribution in [0.15, 0.2) is 30.3 Å². The smallest absolute Gasteiger partial charge is 0.399 e. The van der Waals surface area contributed by atoms with Gasteiger partial charge in [0.1, 0.15) is 0 Å². The van der Waals surface area contributed by atoms with E-state index in [2.05, 4.69) is 8.37 Å². The molecular formula is C8H13NO4S. The van der Waals surface area contributed by atoms with Gasteiger partial charge in [-0.05, 0) is 12.1 Å². The Labute approximate surface area is 83.8 Å². The van der Waals surface area contributed by atoms with Gasteiger partial charge in [0, 0.05) is 5.69 Å². The number of nitrogens with two attached hydrogens (primary N) is 1. The van der Waals surface area contributed by atoms with Gasteiger partial charge in [-0.1, -0.05) is 18.2 Å². The number of para-hydroxylation sites is 1. The third kappa shape index (κ3) is 6.41. The molecule has 1 rings (SSSR count). The van der Waals surface area contributed by atoms with Crippen molar-refractivity contribution >= 4 is 16.1 Å². The van der Waals surface area contributed by atoms with Crippen molar-refractivity contribution in [3.63, 3.8) is 0 Å². The van der Waals surface area contributed by atoms with Crippen LogP contribution in [0.4, 0.5) is 5.69 Å². The summed E-state index contributed by atoms with van der Waals surface area (Å²) < 4.78 is 27.5. The molecule has 0 aliphatic rings. The molecule has 80 valence electrons. The van der Waals surface area contributed by atoms with Gasteiger partial charge in [-0.3, -0.25) is 8.37 Å². The Morgan fingerprint density at radius 2 is 1.50 bits per heavy atom. The van der Waals surface area contributed by atoms with Crippen LogP contribution in [0.3, 0.4) is 0 Å². The van der Waals surface area contributed by atoms with E-state index >= 15 is 0 Å². The zero-order valence-electron chi connectivity index (χ0n) is 8.01. The number of hydrogen-bond donors (Lipinski definition) is 1. The van der Waals surface area contributed by atoms with Crippen LogP contribution < -0.4 is 5.73 Å². The topological polar surface area (TPSA) is 78.6 Å². The van der Waals surface area contributed by atoms with E-state index in [-0.39, 0.29) is 0 Å². The molecule has 0 amide bonds. The highest BCUT2D eigenvalue weighted by atomic mass is 32.3. The van der Waals surface area contributed by atoms with Gasteiger partial charge in [0.15, 0.2) is 0 Å². The monoisotopic (exact) mass is 219 g/mol. The van der Waals surface area contributed by atoms with Crippen molar-refractivity contribution in [2.75, 3.05) is 20.0 Å². The van der Waals surface area contributed by atoms with Crippen molar-refractivity contribution < 1.29 is 16.8 Å². The fraction of sp³-hybridized carbons (Fsp3) is 0.250. The van der Waals surface area contributed by atoms with Gasteiger partial charge < -0.3 is 5.73 Å². The first kappa shape index (κ1) is 12.9. The molecule has 1 aromatic rings. The van der Waals surface area contributed by atoms with Crippen LogP contribution in [0.5, 0.6) is 0 Å². The lowest BCUT2D eigenvalue weighted by Gasteiger charge is -1.91. The van der Waals surface area contributed by atoms with E-state index in [1.165, 1.54) is 0 Å². The first-order chi connectivity index (χ1) is 6.52. The maximum atomic E-state index is 9.92. The molecule has 0 aliphatic carbocycles. The van der Waals surface area contributed by atoms with Crippen LogP contribution in [0, 0.1) is 0 Å². The van der Waals surface area contributed by atoms with Crippen LogP contribution >= 0.6 is 0 Å².